The minimum absolute atomic E-state index is 0.132. The molecule has 386 valence electrons. The molecule has 0 aromatic rings. The average molecular weight is 948 g/mol. The van der Waals surface area contributed by atoms with Gasteiger partial charge in [0.2, 0.25) is 0 Å². The zero-order valence-corrected chi connectivity index (χ0v) is 43.7. The summed E-state index contributed by atoms with van der Waals surface area (Å²) in [6.07, 6.45) is 64.1. The SMILES string of the molecule is CC/C=C\C/C=C\C/C=C\C/C=C\C/C=C\C/C=C\C/C=C\C/C=C\CCCCC(=O)OC(COC(=O)CCCCCCC/C=C\CCCCCCCCC)COC(OCC[N+](C)(C)C)C(=O)[O-]. The van der Waals surface area contributed by atoms with E-state index < -0.39 is 24.3 Å². The zero-order chi connectivity index (χ0) is 49.9. The number of carboxylic acids is 1. The standard InChI is InChI=1S/C59H97NO8/c1-6-8-10-12-14-16-18-20-22-24-25-26-27-28-29-30-31-32-33-34-36-38-40-42-44-46-48-50-57(62)68-55(54-67-59(58(63)64)65-52-51-60(3,4)5)53-66-56(61)49-47-45-43-41-39-37-35-23-21-19-17-15-13-11-9-7-2/h8,10,14,16,20,22-23,25-26,28-29,31-32,34-36,40,42,55,59H,6-7,9,11-13,15,17-19,21,24,27,30,33,37-39,41,43-54H2,1-5H3/b10-8-,16-14-,22-20-,26-25-,29-28-,32-31-,35-23-,36-34-,42-40-. The van der Waals surface area contributed by atoms with Crippen LogP contribution < -0.4 is 5.11 Å². The van der Waals surface area contributed by atoms with Crippen molar-refractivity contribution in [3.63, 3.8) is 0 Å². The van der Waals surface area contributed by atoms with Gasteiger partial charge in [-0.25, -0.2) is 0 Å². The number of carboxylic acid groups (broad SMARTS) is 1. The summed E-state index contributed by atoms with van der Waals surface area (Å²) < 4.78 is 22.6. The van der Waals surface area contributed by atoms with E-state index in [0.717, 1.165) is 103 Å². The number of rotatable bonds is 47. The number of carbonyl (C=O) groups excluding carboxylic acids is 3. The van der Waals surface area contributed by atoms with Crippen molar-refractivity contribution in [2.45, 2.75) is 200 Å². The molecule has 0 N–H and O–H groups in total. The Kier molecular flexibility index (Phi) is 46.4. The van der Waals surface area contributed by atoms with Crippen molar-refractivity contribution in [1.29, 1.82) is 0 Å². The molecule has 0 bridgehead atoms. The van der Waals surface area contributed by atoms with Crippen LogP contribution in [0.15, 0.2) is 109 Å². The lowest BCUT2D eigenvalue weighted by Gasteiger charge is -2.26. The van der Waals surface area contributed by atoms with Crippen molar-refractivity contribution >= 4 is 17.9 Å². The number of nitrogens with zero attached hydrogens (tertiary/aromatic N) is 1. The quantitative estimate of drug-likeness (QED) is 0.0195. The fraction of sp³-hybridized carbons (Fsp3) is 0.644. The van der Waals surface area contributed by atoms with Gasteiger partial charge in [-0.15, -0.1) is 0 Å². The number of hydrogen-bond donors (Lipinski definition) is 0. The third-order valence-corrected chi connectivity index (χ3v) is 10.8. The number of ether oxygens (including phenoxy) is 4. The summed E-state index contributed by atoms with van der Waals surface area (Å²) in [6.45, 7) is 4.55. The fourth-order valence-corrected chi connectivity index (χ4v) is 6.66. The van der Waals surface area contributed by atoms with Gasteiger partial charge in [-0.05, 0) is 103 Å². The number of quaternary nitrogens is 1. The Hall–Kier alpha value is -4.05. The molecule has 0 aliphatic heterocycles. The molecule has 2 atom stereocenters. The Balaban J connectivity index is 4.45. The van der Waals surface area contributed by atoms with Gasteiger partial charge in [0.05, 0.1) is 40.3 Å². The molecule has 0 heterocycles. The molecule has 0 radical (unpaired) electrons. The molecule has 0 saturated carbocycles. The van der Waals surface area contributed by atoms with Crippen LogP contribution in [0.25, 0.3) is 0 Å². The zero-order valence-electron chi connectivity index (χ0n) is 43.7. The van der Waals surface area contributed by atoms with Crippen molar-refractivity contribution in [1.82, 2.24) is 0 Å². The second kappa shape index (κ2) is 49.4. The van der Waals surface area contributed by atoms with Crippen molar-refractivity contribution < 1.29 is 42.9 Å². The summed E-state index contributed by atoms with van der Waals surface area (Å²) in [5, 5.41) is 11.7. The van der Waals surface area contributed by atoms with E-state index in [0.29, 0.717) is 17.4 Å². The number of hydrogen-bond acceptors (Lipinski definition) is 8. The highest BCUT2D eigenvalue weighted by atomic mass is 16.7. The highest BCUT2D eigenvalue weighted by Crippen LogP contribution is 2.12. The summed E-state index contributed by atoms with van der Waals surface area (Å²) in [4.78, 5) is 37.2. The van der Waals surface area contributed by atoms with Crippen molar-refractivity contribution in [2.24, 2.45) is 0 Å². The molecule has 68 heavy (non-hydrogen) atoms. The van der Waals surface area contributed by atoms with Gasteiger partial charge in [-0.1, -0.05) is 181 Å². The summed E-state index contributed by atoms with van der Waals surface area (Å²) in [5.74, 6) is -2.37. The second-order valence-corrected chi connectivity index (χ2v) is 18.4. The smallest absolute Gasteiger partial charge is 0.306 e. The molecular formula is C59H97NO8. The Bertz CT molecular complexity index is 1480. The highest BCUT2D eigenvalue weighted by Gasteiger charge is 2.21. The summed E-state index contributed by atoms with van der Waals surface area (Å²) >= 11 is 0. The predicted octanol–water partition coefficient (Wildman–Crippen LogP) is 13.8. The molecule has 0 spiro atoms. The first-order chi connectivity index (χ1) is 33.1. The van der Waals surface area contributed by atoms with E-state index in [1.54, 1.807) is 0 Å². The third kappa shape index (κ3) is 49.8. The van der Waals surface area contributed by atoms with Crippen molar-refractivity contribution in [2.75, 3.05) is 47.5 Å². The van der Waals surface area contributed by atoms with Crippen LogP contribution in [0.2, 0.25) is 0 Å². The summed E-state index contributed by atoms with van der Waals surface area (Å²) in [7, 11) is 5.89. The van der Waals surface area contributed by atoms with Gasteiger partial charge in [-0.3, -0.25) is 9.59 Å². The number of carbonyl (C=O) groups is 3. The number of esters is 2. The van der Waals surface area contributed by atoms with Crippen LogP contribution in [0.3, 0.4) is 0 Å². The van der Waals surface area contributed by atoms with Crippen LogP contribution >= 0.6 is 0 Å². The molecule has 0 amide bonds. The lowest BCUT2D eigenvalue weighted by Crippen LogP contribution is -2.44. The van der Waals surface area contributed by atoms with Crippen molar-refractivity contribution in [3.05, 3.63) is 109 Å². The normalized spacial score (nSPS) is 13.7. The molecule has 0 saturated heterocycles. The highest BCUT2D eigenvalue weighted by molar-refractivity contribution is 5.70. The minimum atomic E-state index is -1.64. The summed E-state index contributed by atoms with van der Waals surface area (Å²) in [5.41, 5.74) is 0. The maximum atomic E-state index is 12.8. The molecule has 0 rings (SSSR count). The maximum absolute atomic E-state index is 12.8. The number of unbranched alkanes of at least 4 members (excludes halogenated alkanes) is 14. The van der Waals surface area contributed by atoms with E-state index in [4.69, 9.17) is 18.9 Å². The topological polar surface area (TPSA) is 111 Å². The molecule has 9 nitrogen and oxygen atoms in total. The van der Waals surface area contributed by atoms with Gasteiger partial charge in [-0.2, -0.15) is 0 Å². The van der Waals surface area contributed by atoms with Crippen LogP contribution in [0.4, 0.5) is 0 Å². The fourth-order valence-electron chi connectivity index (χ4n) is 6.66. The van der Waals surface area contributed by atoms with E-state index in [9.17, 15) is 19.5 Å². The van der Waals surface area contributed by atoms with Crippen LogP contribution in [-0.2, 0) is 33.3 Å². The molecule has 2 unspecified atom stereocenters. The maximum Gasteiger partial charge on any atom is 0.306 e. The lowest BCUT2D eigenvalue weighted by molar-refractivity contribution is -0.870. The molecule has 0 aliphatic carbocycles. The lowest BCUT2D eigenvalue weighted by atomic mass is 10.1. The Morgan fingerprint density at radius 2 is 0.838 bits per heavy atom. The van der Waals surface area contributed by atoms with E-state index in [-0.39, 0.29) is 38.6 Å². The largest absolute Gasteiger partial charge is 0.545 e. The van der Waals surface area contributed by atoms with Gasteiger partial charge >= 0.3 is 11.9 Å². The second-order valence-electron chi connectivity index (χ2n) is 18.4. The monoisotopic (exact) mass is 948 g/mol. The van der Waals surface area contributed by atoms with Crippen LogP contribution in [0.5, 0.6) is 0 Å². The Morgan fingerprint density at radius 1 is 0.456 bits per heavy atom. The minimum Gasteiger partial charge on any atom is -0.545 e. The first-order valence-electron chi connectivity index (χ1n) is 26.5. The van der Waals surface area contributed by atoms with Crippen LogP contribution in [0.1, 0.15) is 187 Å². The van der Waals surface area contributed by atoms with Gasteiger partial charge in [0.25, 0.3) is 0 Å². The molecule has 9 heteroatoms. The van der Waals surface area contributed by atoms with Crippen LogP contribution in [0, 0.1) is 0 Å². The van der Waals surface area contributed by atoms with Gasteiger partial charge in [0.15, 0.2) is 12.4 Å². The first kappa shape index (κ1) is 64.0. The molecule has 0 fully saturated rings. The molecular weight excluding hydrogens is 851 g/mol. The van der Waals surface area contributed by atoms with Crippen molar-refractivity contribution in [3.8, 4) is 0 Å². The van der Waals surface area contributed by atoms with Gasteiger partial charge in [0.1, 0.15) is 13.2 Å². The van der Waals surface area contributed by atoms with E-state index in [1.807, 2.05) is 21.1 Å². The molecule has 0 aromatic carbocycles. The summed E-state index contributed by atoms with van der Waals surface area (Å²) in [6, 6.07) is 0. The number of aliphatic carboxylic acids is 1. The van der Waals surface area contributed by atoms with Crippen LogP contribution in [-0.4, -0.2) is 82.3 Å². The van der Waals surface area contributed by atoms with Gasteiger partial charge < -0.3 is 33.3 Å². The number of likely N-dealkylation sites (N-methyl/N-ethyl adjacent to an activating group) is 1. The third-order valence-electron chi connectivity index (χ3n) is 10.8. The van der Waals surface area contributed by atoms with E-state index in [1.165, 1.54) is 51.4 Å². The number of allylic oxidation sites excluding steroid dienone is 18. The molecule has 0 aromatic heterocycles. The van der Waals surface area contributed by atoms with Gasteiger partial charge in [0, 0.05) is 12.8 Å². The first-order valence-corrected chi connectivity index (χ1v) is 26.5. The predicted molar refractivity (Wildman–Crippen MR) is 283 cm³/mol. The molecule has 0 aliphatic rings. The van der Waals surface area contributed by atoms with E-state index >= 15 is 0 Å². The Morgan fingerprint density at radius 3 is 1.29 bits per heavy atom. The Labute approximate surface area is 415 Å². The average Bonchev–Trinajstić information content (AvgIpc) is 3.30. The van der Waals surface area contributed by atoms with E-state index in [2.05, 4.69) is 123 Å².